The van der Waals surface area contributed by atoms with E-state index in [-0.39, 0.29) is 11.3 Å². The molecule has 0 aliphatic rings. The Balaban J connectivity index is 1.87. The number of nitrogen functional groups attached to an aromatic ring is 1. The van der Waals surface area contributed by atoms with E-state index in [2.05, 4.69) is 0 Å². The fourth-order valence-electron chi connectivity index (χ4n) is 2.87. The SMILES string of the molecule is Nc1c(-c2ccc(Cl)cc2Oc2cccc3ccccc23)c(=O)c1=O. The summed E-state index contributed by atoms with van der Waals surface area (Å²) < 4.78 is 6.05. The molecule has 0 aliphatic carbocycles. The Hall–Kier alpha value is -3.11. The molecule has 0 radical (unpaired) electrons. The number of benzene rings is 3. The zero-order chi connectivity index (χ0) is 17.6. The second-order valence-corrected chi connectivity index (χ2v) is 6.10. The van der Waals surface area contributed by atoms with Crippen LogP contribution in [0.15, 0.2) is 70.3 Å². The van der Waals surface area contributed by atoms with E-state index in [1.54, 1.807) is 18.2 Å². The molecular formula is C20H12ClNO3. The number of nitrogens with two attached hydrogens (primary N) is 1. The van der Waals surface area contributed by atoms with Gasteiger partial charge in [-0.15, -0.1) is 0 Å². The van der Waals surface area contributed by atoms with Crippen molar-refractivity contribution in [2.45, 2.75) is 0 Å². The third-order valence-corrected chi connectivity index (χ3v) is 4.36. The standard InChI is InChI=1S/C20H12ClNO3/c21-12-8-9-14(17-18(22)20(24)19(17)23)16(10-12)25-15-7-3-5-11-4-1-2-6-13(11)15/h1-10H,22H2. The van der Waals surface area contributed by atoms with Crippen molar-refractivity contribution in [3.8, 4) is 22.6 Å². The van der Waals surface area contributed by atoms with E-state index in [9.17, 15) is 9.59 Å². The maximum Gasteiger partial charge on any atom is 0.249 e. The van der Waals surface area contributed by atoms with Crippen molar-refractivity contribution in [3.05, 3.63) is 86.1 Å². The Bertz CT molecular complexity index is 1180. The van der Waals surface area contributed by atoms with Crippen molar-refractivity contribution in [3.63, 3.8) is 0 Å². The summed E-state index contributed by atoms with van der Waals surface area (Å²) in [5.74, 6) is 1.00. The molecule has 2 N–H and O–H groups in total. The number of halogens is 1. The van der Waals surface area contributed by atoms with Crippen LogP contribution in [0.1, 0.15) is 0 Å². The van der Waals surface area contributed by atoms with Crippen LogP contribution in [-0.2, 0) is 0 Å². The molecule has 0 heterocycles. The van der Waals surface area contributed by atoms with Crippen LogP contribution in [0.2, 0.25) is 5.02 Å². The fourth-order valence-corrected chi connectivity index (χ4v) is 3.03. The molecule has 122 valence electrons. The molecule has 0 aromatic heterocycles. The minimum Gasteiger partial charge on any atom is -0.456 e. The van der Waals surface area contributed by atoms with Gasteiger partial charge >= 0.3 is 0 Å². The smallest absolute Gasteiger partial charge is 0.249 e. The average Bonchev–Trinajstić information content (AvgIpc) is 2.63. The second-order valence-electron chi connectivity index (χ2n) is 5.67. The van der Waals surface area contributed by atoms with Gasteiger partial charge in [0, 0.05) is 22.0 Å². The topological polar surface area (TPSA) is 69.4 Å². The average molecular weight is 350 g/mol. The van der Waals surface area contributed by atoms with Crippen molar-refractivity contribution < 1.29 is 4.74 Å². The molecule has 4 rings (SSSR count). The van der Waals surface area contributed by atoms with Gasteiger partial charge in [0.15, 0.2) is 0 Å². The number of hydrogen-bond acceptors (Lipinski definition) is 4. The van der Waals surface area contributed by atoms with E-state index in [4.69, 9.17) is 22.1 Å². The molecule has 4 aromatic carbocycles. The predicted molar refractivity (Wildman–Crippen MR) is 100 cm³/mol. The third-order valence-electron chi connectivity index (χ3n) is 4.13. The predicted octanol–water partition coefficient (Wildman–Crippen LogP) is 4.13. The first-order valence-electron chi connectivity index (χ1n) is 7.60. The summed E-state index contributed by atoms with van der Waals surface area (Å²) in [6.45, 7) is 0. The minimum atomic E-state index is -0.666. The molecule has 0 fully saturated rings. The van der Waals surface area contributed by atoms with E-state index < -0.39 is 10.9 Å². The lowest BCUT2D eigenvalue weighted by Gasteiger charge is -2.15. The summed E-state index contributed by atoms with van der Waals surface area (Å²) in [6.07, 6.45) is 0. The first-order valence-corrected chi connectivity index (χ1v) is 7.98. The van der Waals surface area contributed by atoms with Gasteiger partial charge in [-0.25, -0.2) is 0 Å². The van der Waals surface area contributed by atoms with Crippen molar-refractivity contribution in [2.24, 2.45) is 0 Å². The first kappa shape index (κ1) is 15.4. The normalized spacial score (nSPS) is 11.1. The molecule has 0 saturated carbocycles. The van der Waals surface area contributed by atoms with Crippen LogP contribution in [0.3, 0.4) is 0 Å². The van der Waals surface area contributed by atoms with Crippen LogP contribution < -0.4 is 21.3 Å². The summed E-state index contributed by atoms with van der Waals surface area (Å²) in [4.78, 5) is 23.4. The Morgan fingerprint density at radius 3 is 2.40 bits per heavy atom. The number of fused-ring (bicyclic) bond motifs is 1. The van der Waals surface area contributed by atoms with Crippen LogP contribution in [0.4, 0.5) is 5.69 Å². The van der Waals surface area contributed by atoms with Crippen molar-refractivity contribution in [1.29, 1.82) is 0 Å². The Kier molecular flexibility index (Phi) is 3.55. The van der Waals surface area contributed by atoms with E-state index >= 15 is 0 Å². The second kappa shape index (κ2) is 5.76. The highest BCUT2D eigenvalue weighted by atomic mass is 35.5. The van der Waals surface area contributed by atoms with Crippen LogP contribution >= 0.6 is 11.6 Å². The molecule has 0 amide bonds. The van der Waals surface area contributed by atoms with Crippen LogP contribution in [0.5, 0.6) is 11.5 Å². The highest BCUT2D eigenvalue weighted by Crippen LogP contribution is 2.38. The van der Waals surface area contributed by atoms with Gasteiger partial charge in [0.1, 0.15) is 11.5 Å². The Morgan fingerprint density at radius 1 is 0.840 bits per heavy atom. The highest BCUT2D eigenvalue weighted by Gasteiger charge is 2.23. The van der Waals surface area contributed by atoms with E-state index in [1.165, 1.54) is 0 Å². The van der Waals surface area contributed by atoms with Gasteiger partial charge in [-0.05, 0) is 23.6 Å². The van der Waals surface area contributed by atoms with E-state index in [1.807, 2.05) is 42.5 Å². The molecule has 0 bridgehead atoms. The van der Waals surface area contributed by atoms with Gasteiger partial charge in [-0.1, -0.05) is 48.0 Å². The quantitative estimate of drug-likeness (QED) is 0.564. The minimum absolute atomic E-state index is 0.0462. The molecule has 4 nitrogen and oxygen atoms in total. The molecule has 0 atom stereocenters. The molecule has 25 heavy (non-hydrogen) atoms. The molecule has 0 unspecified atom stereocenters. The van der Waals surface area contributed by atoms with Crippen molar-refractivity contribution in [2.75, 3.05) is 5.73 Å². The van der Waals surface area contributed by atoms with Gasteiger partial charge in [-0.3, -0.25) is 9.59 Å². The number of anilines is 1. The number of ether oxygens (including phenoxy) is 1. The van der Waals surface area contributed by atoms with E-state index in [0.717, 1.165) is 10.8 Å². The zero-order valence-electron chi connectivity index (χ0n) is 13.0. The van der Waals surface area contributed by atoms with Crippen LogP contribution in [-0.4, -0.2) is 0 Å². The van der Waals surface area contributed by atoms with Crippen LogP contribution in [0, 0.1) is 0 Å². The Labute approximate surface area is 147 Å². The lowest BCUT2D eigenvalue weighted by Crippen LogP contribution is -2.35. The molecule has 4 aromatic rings. The summed E-state index contributed by atoms with van der Waals surface area (Å²) in [5, 5.41) is 2.40. The molecule has 5 heteroatoms. The molecule has 0 aliphatic heterocycles. The lowest BCUT2D eigenvalue weighted by atomic mass is 9.98. The maximum absolute atomic E-state index is 11.9. The zero-order valence-corrected chi connectivity index (χ0v) is 13.7. The van der Waals surface area contributed by atoms with Crippen molar-refractivity contribution >= 4 is 28.1 Å². The largest absolute Gasteiger partial charge is 0.456 e. The fraction of sp³-hybridized carbons (Fsp3) is 0. The molecular weight excluding hydrogens is 338 g/mol. The van der Waals surface area contributed by atoms with Gasteiger partial charge in [0.2, 0.25) is 10.9 Å². The summed E-state index contributed by atoms with van der Waals surface area (Å²) >= 11 is 6.09. The van der Waals surface area contributed by atoms with Gasteiger partial charge in [-0.2, -0.15) is 0 Å². The summed E-state index contributed by atoms with van der Waals surface area (Å²) in [5.41, 5.74) is 5.02. The summed E-state index contributed by atoms with van der Waals surface area (Å²) in [7, 11) is 0. The van der Waals surface area contributed by atoms with Crippen molar-refractivity contribution in [1.82, 2.24) is 0 Å². The third kappa shape index (κ3) is 2.47. The highest BCUT2D eigenvalue weighted by molar-refractivity contribution is 6.30. The lowest BCUT2D eigenvalue weighted by molar-refractivity contribution is 0.490. The molecule has 0 saturated heterocycles. The first-order chi connectivity index (χ1) is 12.1. The van der Waals surface area contributed by atoms with Gasteiger partial charge in [0.25, 0.3) is 0 Å². The monoisotopic (exact) mass is 349 g/mol. The number of hydrogen-bond donors (Lipinski definition) is 1. The maximum atomic E-state index is 11.9. The summed E-state index contributed by atoms with van der Waals surface area (Å²) in [6, 6.07) is 18.4. The van der Waals surface area contributed by atoms with Gasteiger partial charge in [0.05, 0.1) is 11.3 Å². The van der Waals surface area contributed by atoms with Crippen LogP contribution in [0.25, 0.3) is 21.9 Å². The number of rotatable bonds is 3. The van der Waals surface area contributed by atoms with Gasteiger partial charge < -0.3 is 10.5 Å². The van der Waals surface area contributed by atoms with E-state index in [0.29, 0.717) is 22.1 Å². The molecule has 0 spiro atoms. The Morgan fingerprint density at radius 2 is 1.60 bits per heavy atom.